The van der Waals surface area contributed by atoms with Crippen molar-refractivity contribution in [2.45, 2.75) is 4.90 Å². The van der Waals surface area contributed by atoms with E-state index in [2.05, 4.69) is 5.43 Å². The molecule has 0 saturated heterocycles. The summed E-state index contributed by atoms with van der Waals surface area (Å²) in [7, 11) is 0. The molecule has 0 saturated carbocycles. The van der Waals surface area contributed by atoms with Gasteiger partial charge in [-0.3, -0.25) is 11.3 Å². The Kier molecular flexibility index (Phi) is 10.7. The van der Waals surface area contributed by atoms with Crippen molar-refractivity contribution in [2.24, 2.45) is 5.84 Å². The zero-order valence-corrected chi connectivity index (χ0v) is 13.1. The first-order valence-corrected chi connectivity index (χ1v) is 7.26. The molecule has 0 aliphatic carbocycles. The lowest BCUT2D eigenvalue weighted by Crippen LogP contribution is -2.24. The molecule has 9 heteroatoms. The Morgan fingerprint density at radius 2 is 1.76 bits per heavy atom. The summed E-state index contributed by atoms with van der Waals surface area (Å²) in [5, 5.41) is 16.8. The quantitative estimate of drug-likeness (QED) is 0.204. The molecule has 0 bridgehead atoms. The molecule has 1 aromatic carbocycles. The summed E-state index contributed by atoms with van der Waals surface area (Å²) in [6.45, 7) is 0.769. The van der Waals surface area contributed by atoms with Crippen molar-refractivity contribution in [2.75, 3.05) is 12.3 Å². The number of hydrogen-bond donors (Lipinski definition) is 4. The van der Waals surface area contributed by atoms with E-state index in [1.165, 1.54) is 0 Å². The Balaban J connectivity index is 0.000000433. The van der Waals surface area contributed by atoms with Gasteiger partial charge in [-0.25, -0.2) is 9.59 Å². The highest BCUT2D eigenvalue weighted by atomic mass is 35.5. The lowest BCUT2D eigenvalue weighted by Gasteiger charge is -2.02. The maximum absolute atomic E-state index is 9.55. The van der Waals surface area contributed by atoms with E-state index in [4.69, 9.17) is 39.3 Å². The summed E-state index contributed by atoms with van der Waals surface area (Å²) in [6.07, 6.45) is 1.12. The largest absolute Gasteiger partial charge is 0.478 e. The van der Waals surface area contributed by atoms with Crippen LogP contribution in [0.15, 0.2) is 35.2 Å². The topological polar surface area (TPSA) is 113 Å². The molecule has 0 unspecified atom stereocenters. The highest BCUT2D eigenvalue weighted by Gasteiger charge is 1.99. The third-order valence-corrected chi connectivity index (χ3v) is 3.51. The lowest BCUT2D eigenvalue weighted by atomic mass is 10.4. The molecule has 0 aliphatic rings. The van der Waals surface area contributed by atoms with Gasteiger partial charge in [-0.15, -0.1) is 11.8 Å². The Labute approximate surface area is 135 Å². The van der Waals surface area contributed by atoms with Gasteiger partial charge in [-0.2, -0.15) is 0 Å². The number of carbonyl (C=O) groups is 2. The van der Waals surface area contributed by atoms with Gasteiger partial charge in [0.05, 0.1) is 10.0 Å². The maximum Gasteiger partial charge on any atom is 0.328 e. The SMILES string of the molecule is NNCCSc1ccc(Cl)c(Cl)c1.O=C(O)/C=C/C(=O)O. The molecule has 0 amide bonds. The van der Waals surface area contributed by atoms with Crippen LogP contribution in [0, 0.1) is 0 Å². The van der Waals surface area contributed by atoms with E-state index in [1.54, 1.807) is 17.8 Å². The minimum absolute atomic E-state index is 0.558. The van der Waals surface area contributed by atoms with Crippen molar-refractivity contribution in [3.05, 3.63) is 40.4 Å². The van der Waals surface area contributed by atoms with Gasteiger partial charge in [0.25, 0.3) is 0 Å². The molecule has 0 atom stereocenters. The number of nitrogens with two attached hydrogens (primary N) is 1. The van der Waals surface area contributed by atoms with Gasteiger partial charge < -0.3 is 10.2 Å². The van der Waals surface area contributed by atoms with E-state index < -0.39 is 11.9 Å². The minimum Gasteiger partial charge on any atom is -0.478 e. The van der Waals surface area contributed by atoms with Gasteiger partial charge in [-0.1, -0.05) is 23.2 Å². The number of aliphatic carboxylic acids is 2. The van der Waals surface area contributed by atoms with Crippen molar-refractivity contribution < 1.29 is 19.8 Å². The van der Waals surface area contributed by atoms with E-state index in [9.17, 15) is 9.59 Å². The molecule has 1 rings (SSSR count). The first-order chi connectivity index (χ1) is 9.86. The third-order valence-electron chi connectivity index (χ3n) is 1.77. The Bertz CT molecular complexity index is 496. The van der Waals surface area contributed by atoms with Gasteiger partial charge in [-0.05, 0) is 18.2 Å². The summed E-state index contributed by atoms with van der Waals surface area (Å²) in [4.78, 5) is 20.2. The fourth-order valence-corrected chi connectivity index (χ4v) is 2.12. The molecular formula is C12H14Cl2N2O4S. The van der Waals surface area contributed by atoms with Crippen molar-refractivity contribution in [1.82, 2.24) is 5.43 Å². The maximum atomic E-state index is 9.55. The highest BCUT2D eigenvalue weighted by molar-refractivity contribution is 7.99. The monoisotopic (exact) mass is 352 g/mol. The number of rotatable bonds is 6. The molecule has 0 heterocycles. The zero-order chi connectivity index (χ0) is 16.3. The fourth-order valence-electron chi connectivity index (χ4n) is 0.937. The molecule has 0 aromatic heterocycles. The molecule has 6 nitrogen and oxygen atoms in total. The summed E-state index contributed by atoms with van der Waals surface area (Å²) >= 11 is 13.3. The molecule has 116 valence electrons. The van der Waals surface area contributed by atoms with Crippen LogP contribution in [-0.4, -0.2) is 34.4 Å². The zero-order valence-electron chi connectivity index (χ0n) is 10.8. The van der Waals surface area contributed by atoms with Crippen LogP contribution in [0.1, 0.15) is 0 Å². The fraction of sp³-hybridized carbons (Fsp3) is 0.167. The number of hydrazine groups is 1. The van der Waals surface area contributed by atoms with Crippen LogP contribution in [-0.2, 0) is 9.59 Å². The molecule has 0 radical (unpaired) electrons. The number of carboxylic acids is 2. The second-order valence-electron chi connectivity index (χ2n) is 3.39. The van der Waals surface area contributed by atoms with E-state index in [-0.39, 0.29) is 0 Å². The van der Waals surface area contributed by atoms with Gasteiger partial charge >= 0.3 is 11.9 Å². The second kappa shape index (κ2) is 11.4. The average Bonchev–Trinajstić information content (AvgIpc) is 2.41. The summed E-state index contributed by atoms with van der Waals surface area (Å²) < 4.78 is 0. The standard InChI is InChI=1S/C8H10Cl2N2S.C4H4O4/c9-7-2-1-6(5-8(7)10)13-4-3-12-11;5-3(6)1-2-4(7)8/h1-2,5,12H,3-4,11H2;1-2H,(H,5,6)(H,7,8)/b;2-1+. The van der Waals surface area contributed by atoms with Crippen LogP contribution >= 0.6 is 35.0 Å². The molecule has 1 aromatic rings. The van der Waals surface area contributed by atoms with Gasteiger partial charge in [0.15, 0.2) is 0 Å². The predicted molar refractivity (Wildman–Crippen MR) is 83.8 cm³/mol. The predicted octanol–water partition coefficient (Wildman–Crippen LogP) is 2.26. The second-order valence-corrected chi connectivity index (χ2v) is 5.37. The number of thioether (sulfide) groups is 1. The van der Waals surface area contributed by atoms with Crippen LogP contribution in [0.2, 0.25) is 10.0 Å². The van der Waals surface area contributed by atoms with Gasteiger partial charge in [0.2, 0.25) is 0 Å². The van der Waals surface area contributed by atoms with Crippen molar-refractivity contribution in [1.29, 1.82) is 0 Å². The molecule has 21 heavy (non-hydrogen) atoms. The highest BCUT2D eigenvalue weighted by Crippen LogP contribution is 2.27. The molecule has 0 spiro atoms. The Morgan fingerprint density at radius 1 is 1.19 bits per heavy atom. The van der Waals surface area contributed by atoms with Crippen LogP contribution in [0.25, 0.3) is 0 Å². The first-order valence-electron chi connectivity index (χ1n) is 5.52. The normalized spacial score (nSPS) is 10.0. The van der Waals surface area contributed by atoms with Crippen molar-refractivity contribution in [3.63, 3.8) is 0 Å². The van der Waals surface area contributed by atoms with Crippen LogP contribution in [0.3, 0.4) is 0 Å². The lowest BCUT2D eigenvalue weighted by molar-refractivity contribution is -0.134. The average molecular weight is 353 g/mol. The van der Waals surface area contributed by atoms with Crippen molar-refractivity contribution in [3.8, 4) is 0 Å². The minimum atomic E-state index is -1.26. The van der Waals surface area contributed by atoms with Gasteiger partial charge in [0, 0.05) is 29.3 Å². The van der Waals surface area contributed by atoms with Crippen LogP contribution in [0.4, 0.5) is 0 Å². The molecule has 5 N–H and O–H groups in total. The number of halogens is 2. The number of carboxylic acid groups (broad SMARTS) is 2. The summed E-state index contributed by atoms with van der Waals surface area (Å²) in [6, 6.07) is 5.59. The van der Waals surface area contributed by atoms with Gasteiger partial charge in [0.1, 0.15) is 0 Å². The Hall–Kier alpha value is -1.25. The Morgan fingerprint density at radius 3 is 2.19 bits per heavy atom. The van der Waals surface area contributed by atoms with Crippen LogP contribution < -0.4 is 11.3 Å². The van der Waals surface area contributed by atoms with E-state index in [0.717, 1.165) is 17.2 Å². The van der Waals surface area contributed by atoms with E-state index >= 15 is 0 Å². The molecule has 0 fully saturated rings. The first kappa shape index (κ1) is 19.8. The third kappa shape index (κ3) is 11.1. The number of benzene rings is 1. The van der Waals surface area contributed by atoms with Crippen molar-refractivity contribution >= 4 is 46.9 Å². The van der Waals surface area contributed by atoms with E-state index in [0.29, 0.717) is 22.2 Å². The van der Waals surface area contributed by atoms with E-state index in [1.807, 2.05) is 12.1 Å². The molecule has 0 aliphatic heterocycles. The molecular weight excluding hydrogens is 339 g/mol. The smallest absolute Gasteiger partial charge is 0.328 e. The number of nitrogens with one attached hydrogen (secondary N) is 1. The number of hydrogen-bond acceptors (Lipinski definition) is 5. The summed E-state index contributed by atoms with van der Waals surface area (Å²) in [5.74, 6) is 3.53. The summed E-state index contributed by atoms with van der Waals surface area (Å²) in [5.41, 5.74) is 2.58. The van der Waals surface area contributed by atoms with Crippen LogP contribution in [0.5, 0.6) is 0 Å².